The van der Waals surface area contributed by atoms with Crippen LogP contribution in [-0.4, -0.2) is 45.7 Å². The first kappa shape index (κ1) is 17.4. The van der Waals surface area contributed by atoms with Gasteiger partial charge in [-0.2, -0.15) is 4.37 Å². The quantitative estimate of drug-likeness (QED) is 0.829. The molecule has 0 radical (unpaired) electrons. The Hall–Kier alpha value is -1.96. The molecular formula is C15H21N3O4S. The van der Waals surface area contributed by atoms with Crippen LogP contribution in [0, 0.1) is 6.92 Å². The highest BCUT2D eigenvalue weighted by atomic mass is 32.1. The number of likely N-dealkylation sites (tertiary alicyclic amines) is 1. The Balaban J connectivity index is 2.18. The molecule has 2 rings (SSSR count). The number of esters is 1. The van der Waals surface area contributed by atoms with Gasteiger partial charge in [0.2, 0.25) is 5.91 Å². The molecule has 1 aromatic rings. The number of carbonyl (C=O) groups is 3. The number of carbonyl (C=O) groups excluding carboxylic acids is 3. The van der Waals surface area contributed by atoms with E-state index in [4.69, 9.17) is 4.74 Å². The Bertz CT molecular complexity index is 643. The number of aryl methyl sites for hydroxylation is 1. The van der Waals surface area contributed by atoms with Crippen molar-refractivity contribution in [2.45, 2.75) is 46.1 Å². The van der Waals surface area contributed by atoms with Gasteiger partial charge >= 0.3 is 5.97 Å². The van der Waals surface area contributed by atoms with E-state index in [2.05, 4.69) is 9.69 Å². The predicted molar refractivity (Wildman–Crippen MR) is 86.5 cm³/mol. The van der Waals surface area contributed by atoms with E-state index in [1.165, 1.54) is 0 Å². The third kappa shape index (κ3) is 3.08. The van der Waals surface area contributed by atoms with Crippen LogP contribution in [0.4, 0.5) is 5.00 Å². The highest BCUT2D eigenvalue weighted by Gasteiger charge is 2.49. The van der Waals surface area contributed by atoms with Crippen LogP contribution in [0.1, 0.15) is 49.7 Å². The molecule has 1 aliphatic heterocycles. The molecule has 1 atom stereocenters. The molecule has 0 aliphatic carbocycles. The molecule has 0 spiro atoms. The standard InChI is InChI=1S/C15H21N3O4S/c1-5-10(19)18-8-7-15(18,4)14(21)16-12-11(9(3)17-23-12)13(20)22-6-2/h5-8H2,1-4H3,(H,16,21). The van der Waals surface area contributed by atoms with E-state index in [1.54, 1.807) is 32.6 Å². The summed E-state index contributed by atoms with van der Waals surface area (Å²) >= 11 is 1.04. The average molecular weight is 339 g/mol. The van der Waals surface area contributed by atoms with Gasteiger partial charge in [-0.3, -0.25) is 9.59 Å². The van der Waals surface area contributed by atoms with E-state index in [0.29, 0.717) is 30.1 Å². The molecule has 2 amide bonds. The Morgan fingerprint density at radius 3 is 2.61 bits per heavy atom. The molecule has 2 heterocycles. The zero-order valence-electron chi connectivity index (χ0n) is 13.8. The fourth-order valence-corrected chi connectivity index (χ4v) is 3.30. The van der Waals surface area contributed by atoms with Crippen molar-refractivity contribution in [3.8, 4) is 0 Å². The third-order valence-corrected chi connectivity index (χ3v) is 4.93. The zero-order chi connectivity index (χ0) is 17.2. The van der Waals surface area contributed by atoms with Crippen LogP contribution in [0.2, 0.25) is 0 Å². The van der Waals surface area contributed by atoms with Crippen molar-refractivity contribution in [3.63, 3.8) is 0 Å². The number of anilines is 1. The van der Waals surface area contributed by atoms with Crippen LogP contribution >= 0.6 is 11.5 Å². The van der Waals surface area contributed by atoms with Crippen molar-refractivity contribution in [1.29, 1.82) is 0 Å². The van der Waals surface area contributed by atoms with Crippen LogP contribution < -0.4 is 5.32 Å². The molecule has 1 fully saturated rings. The first-order chi connectivity index (χ1) is 10.8. The first-order valence-electron chi connectivity index (χ1n) is 7.60. The summed E-state index contributed by atoms with van der Waals surface area (Å²) in [6.45, 7) is 7.73. The minimum Gasteiger partial charge on any atom is -0.462 e. The summed E-state index contributed by atoms with van der Waals surface area (Å²) in [5, 5.41) is 3.11. The smallest absolute Gasteiger partial charge is 0.343 e. The van der Waals surface area contributed by atoms with Crippen LogP contribution in [0.3, 0.4) is 0 Å². The Kier molecular flexibility index (Phi) is 5.03. The Morgan fingerprint density at radius 1 is 1.39 bits per heavy atom. The number of rotatable bonds is 5. The lowest BCUT2D eigenvalue weighted by atomic mass is 9.85. The molecule has 1 saturated heterocycles. The van der Waals surface area contributed by atoms with Crippen molar-refractivity contribution in [2.24, 2.45) is 0 Å². The maximum atomic E-state index is 12.6. The van der Waals surface area contributed by atoms with Crippen LogP contribution in [-0.2, 0) is 14.3 Å². The number of ether oxygens (including phenoxy) is 1. The second-order valence-electron chi connectivity index (χ2n) is 5.57. The van der Waals surface area contributed by atoms with Gasteiger partial charge in [-0.1, -0.05) is 6.92 Å². The molecule has 1 aliphatic rings. The lowest BCUT2D eigenvalue weighted by Crippen LogP contribution is -2.66. The molecule has 1 N–H and O–H groups in total. The molecule has 8 heteroatoms. The predicted octanol–water partition coefficient (Wildman–Crippen LogP) is 1.97. The maximum absolute atomic E-state index is 12.6. The molecule has 0 aromatic carbocycles. The summed E-state index contributed by atoms with van der Waals surface area (Å²) in [5.41, 5.74) is -0.0813. The van der Waals surface area contributed by atoms with Gasteiger partial charge in [0, 0.05) is 13.0 Å². The minimum atomic E-state index is -0.878. The summed E-state index contributed by atoms with van der Waals surface area (Å²) in [6, 6.07) is 0. The molecule has 0 bridgehead atoms. The summed E-state index contributed by atoms with van der Waals surface area (Å²) in [7, 11) is 0. The minimum absolute atomic E-state index is 0.0556. The van der Waals surface area contributed by atoms with Gasteiger partial charge in [0.15, 0.2) is 0 Å². The summed E-state index contributed by atoms with van der Waals surface area (Å²) in [4.78, 5) is 38.1. The number of nitrogens with one attached hydrogen (secondary N) is 1. The first-order valence-corrected chi connectivity index (χ1v) is 8.37. The lowest BCUT2D eigenvalue weighted by molar-refractivity contribution is -0.154. The summed E-state index contributed by atoms with van der Waals surface area (Å²) < 4.78 is 9.12. The van der Waals surface area contributed by atoms with Gasteiger partial charge in [-0.15, -0.1) is 0 Å². The number of nitrogens with zero attached hydrogens (tertiary/aromatic N) is 2. The number of aromatic nitrogens is 1. The maximum Gasteiger partial charge on any atom is 0.343 e. The number of hydrogen-bond acceptors (Lipinski definition) is 6. The normalized spacial score (nSPS) is 19.9. The van der Waals surface area contributed by atoms with Crippen molar-refractivity contribution >= 4 is 34.3 Å². The molecule has 7 nitrogen and oxygen atoms in total. The number of hydrogen-bond donors (Lipinski definition) is 1. The molecule has 1 aromatic heterocycles. The topological polar surface area (TPSA) is 88.6 Å². The zero-order valence-corrected chi connectivity index (χ0v) is 14.6. The van der Waals surface area contributed by atoms with Crippen molar-refractivity contribution in [3.05, 3.63) is 11.3 Å². The van der Waals surface area contributed by atoms with E-state index in [-0.39, 0.29) is 24.0 Å². The molecule has 0 saturated carbocycles. The van der Waals surface area contributed by atoms with Crippen LogP contribution in [0.25, 0.3) is 0 Å². The lowest BCUT2D eigenvalue weighted by Gasteiger charge is -2.48. The monoisotopic (exact) mass is 339 g/mol. The average Bonchev–Trinajstić information content (AvgIpc) is 2.85. The van der Waals surface area contributed by atoms with Crippen molar-refractivity contribution < 1.29 is 19.1 Å². The summed E-state index contributed by atoms with van der Waals surface area (Å²) in [5.74, 6) is -0.867. The molecule has 1 unspecified atom stereocenters. The van der Waals surface area contributed by atoms with E-state index < -0.39 is 11.5 Å². The second-order valence-corrected chi connectivity index (χ2v) is 6.34. The Morgan fingerprint density at radius 2 is 2.09 bits per heavy atom. The van der Waals surface area contributed by atoms with Gasteiger partial charge in [0.1, 0.15) is 16.1 Å². The molecular weight excluding hydrogens is 318 g/mol. The van der Waals surface area contributed by atoms with Gasteiger partial charge in [-0.25, -0.2) is 4.79 Å². The largest absolute Gasteiger partial charge is 0.462 e. The van der Waals surface area contributed by atoms with Crippen LogP contribution in [0.5, 0.6) is 0 Å². The highest BCUT2D eigenvalue weighted by Crippen LogP contribution is 2.34. The Labute approximate surface area is 139 Å². The van der Waals surface area contributed by atoms with E-state index >= 15 is 0 Å². The van der Waals surface area contributed by atoms with E-state index in [1.807, 2.05) is 0 Å². The second kappa shape index (κ2) is 6.66. The van der Waals surface area contributed by atoms with Crippen molar-refractivity contribution in [2.75, 3.05) is 18.5 Å². The van der Waals surface area contributed by atoms with Gasteiger partial charge in [-0.05, 0) is 38.7 Å². The number of amides is 2. The van der Waals surface area contributed by atoms with Gasteiger partial charge in [0.05, 0.1) is 12.3 Å². The van der Waals surface area contributed by atoms with Gasteiger partial charge < -0.3 is 15.0 Å². The molecule has 23 heavy (non-hydrogen) atoms. The third-order valence-electron chi connectivity index (χ3n) is 4.08. The fourth-order valence-electron chi connectivity index (χ4n) is 2.52. The fraction of sp³-hybridized carbons (Fsp3) is 0.600. The van der Waals surface area contributed by atoms with Crippen molar-refractivity contribution in [1.82, 2.24) is 9.27 Å². The van der Waals surface area contributed by atoms with Gasteiger partial charge in [0.25, 0.3) is 5.91 Å². The van der Waals surface area contributed by atoms with E-state index in [9.17, 15) is 14.4 Å². The van der Waals surface area contributed by atoms with E-state index in [0.717, 1.165) is 11.5 Å². The SMILES string of the molecule is CCOC(=O)c1c(C)nsc1NC(=O)C1(C)CCN1C(=O)CC. The molecule has 126 valence electrons. The summed E-state index contributed by atoms with van der Waals surface area (Å²) in [6.07, 6.45) is 0.952. The van der Waals surface area contributed by atoms with Crippen LogP contribution in [0.15, 0.2) is 0 Å². The highest BCUT2D eigenvalue weighted by molar-refractivity contribution is 7.11.